The van der Waals surface area contributed by atoms with Crippen LogP contribution in [0.3, 0.4) is 0 Å². The van der Waals surface area contributed by atoms with Gasteiger partial charge in [0.2, 0.25) is 5.89 Å². The zero-order valence-electron chi connectivity index (χ0n) is 14.2. The fraction of sp³-hybridized carbons (Fsp3) is 0.800. The molecule has 1 fully saturated rings. The first-order chi connectivity index (χ1) is 10.4. The number of methoxy groups -OCH3 is 1. The van der Waals surface area contributed by atoms with Crippen LogP contribution >= 0.6 is 0 Å². The van der Waals surface area contributed by atoms with Crippen LogP contribution in [0.4, 0.5) is 0 Å². The molecule has 0 amide bonds. The van der Waals surface area contributed by atoms with Crippen molar-refractivity contribution in [1.29, 1.82) is 0 Å². The Balaban J connectivity index is 1.88. The predicted molar refractivity (Wildman–Crippen MR) is 84.8 cm³/mol. The lowest BCUT2D eigenvalue weighted by Crippen LogP contribution is -2.40. The van der Waals surface area contributed by atoms with Crippen LogP contribution < -0.4 is 5.32 Å². The molecule has 0 spiro atoms. The summed E-state index contributed by atoms with van der Waals surface area (Å²) in [5.74, 6) is 2.75. The molecular weight excluding hydrogens is 282 g/mol. The number of guanidine groups is 1. The second kappa shape index (κ2) is 7.09. The maximum atomic E-state index is 5.30. The summed E-state index contributed by atoms with van der Waals surface area (Å²) in [6.07, 6.45) is 1.13. The molecule has 1 atom stereocenters. The van der Waals surface area contributed by atoms with Crippen LogP contribution in [0.5, 0.6) is 0 Å². The van der Waals surface area contributed by atoms with Gasteiger partial charge in [-0.25, -0.2) is 0 Å². The second-order valence-corrected chi connectivity index (χ2v) is 6.72. The van der Waals surface area contributed by atoms with Gasteiger partial charge in [-0.15, -0.1) is 0 Å². The summed E-state index contributed by atoms with van der Waals surface area (Å²) >= 11 is 0. The van der Waals surface area contributed by atoms with E-state index in [9.17, 15) is 0 Å². The minimum atomic E-state index is -0.130. The molecule has 0 aromatic carbocycles. The lowest BCUT2D eigenvalue weighted by Gasteiger charge is -2.21. The quantitative estimate of drug-likeness (QED) is 0.669. The minimum Gasteiger partial charge on any atom is -0.384 e. The van der Waals surface area contributed by atoms with Gasteiger partial charge < -0.3 is 19.5 Å². The third-order valence-corrected chi connectivity index (χ3v) is 3.71. The first-order valence-corrected chi connectivity index (χ1v) is 7.71. The van der Waals surface area contributed by atoms with E-state index in [1.54, 1.807) is 14.2 Å². The van der Waals surface area contributed by atoms with Crippen molar-refractivity contribution in [3.8, 4) is 0 Å². The molecule has 0 aliphatic carbocycles. The standard InChI is InChI=1S/C15H27N5O2/c1-15(2,3)13-18-12(19-22-13)8-17-14(16-4)20-7-6-11(9-20)10-21-5/h11H,6-10H2,1-5H3,(H,16,17). The van der Waals surface area contributed by atoms with Gasteiger partial charge in [0.15, 0.2) is 11.8 Å². The van der Waals surface area contributed by atoms with E-state index in [-0.39, 0.29) is 5.41 Å². The van der Waals surface area contributed by atoms with Crippen LogP contribution in [-0.2, 0) is 16.7 Å². The van der Waals surface area contributed by atoms with Crippen LogP contribution in [0.1, 0.15) is 38.9 Å². The van der Waals surface area contributed by atoms with Gasteiger partial charge >= 0.3 is 0 Å². The molecule has 1 unspecified atom stereocenters. The van der Waals surface area contributed by atoms with E-state index in [0.29, 0.717) is 24.2 Å². The largest absolute Gasteiger partial charge is 0.384 e. The Morgan fingerprint density at radius 1 is 1.50 bits per heavy atom. The maximum Gasteiger partial charge on any atom is 0.232 e. The molecule has 124 valence electrons. The maximum absolute atomic E-state index is 5.30. The van der Waals surface area contributed by atoms with Crippen molar-refractivity contribution in [2.24, 2.45) is 10.9 Å². The molecule has 1 aliphatic heterocycles. The molecule has 0 bridgehead atoms. The van der Waals surface area contributed by atoms with Crippen molar-refractivity contribution in [3.05, 3.63) is 11.7 Å². The van der Waals surface area contributed by atoms with E-state index in [1.165, 1.54) is 0 Å². The lowest BCUT2D eigenvalue weighted by atomic mass is 9.97. The number of hydrogen-bond acceptors (Lipinski definition) is 5. The van der Waals surface area contributed by atoms with E-state index in [2.05, 4.69) is 46.1 Å². The highest BCUT2D eigenvalue weighted by Crippen LogP contribution is 2.20. The molecule has 0 saturated carbocycles. The van der Waals surface area contributed by atoms with Gasteiger partial charge in [-0.1, -0.05) is 25.9 Å². The Morgan fingerprint density at radius 3 is 2.86 bits per heavy atom. The smallest absolute Gasteiger partial charge is 0.232 e. The molecule has 7 nitrogen and oxygen atoms in total. The van der Waals surface area contributed by atoms with Crippen LogP contribution in [0.2, 0.25) is 0 Å². The summed E-state index contributed by atoms with van der Waals surface area (Å²) < 4.78 is 10.5. The van der Waals surface area contributed by atoms with Gasteiger partial charge in [0.05, 0.1) is 13.2 Å². The highest BCUT2D eigenvalue weighted by molar-refractivity contribution is 5.80. The lowest BCUT2D eigenvalue weighted by molar-refractivity contribution is 0.157. The Hall–Kier alpha value is -1.63. The molecule has 0 radical (unpaired) electrons. The SMILES string of the molecule is CN=C(NCc1noc(C(C)(C)C)n1)N1CCC(COC)C1. The topological polar surface area (TPSA) is 75.8 Å². The van der Waals surface area contributed by atoms with Crippen molar-refractivity contribution < 1.29 is 9.26 Å². The predicted octanol–water partition coefficient (Wildman–Crippen LogP) is 1.41. The summed E-state index contributed by atoms with van der Waals surface area (Å²) in [4.78, 5) is 11.0. The molecule has 2 heterocycles. The van der Waals surface area contributed by atoms with Gasteiger partial charge in [-0.05, 0) is 6.42 Å². The molecule has 1 aromatic rings. The summed E-state index contributed by atoms with van der Waals surface area (Å²) in [5.41, 5.74) is -0.130. The molecule has 7 heteroatoms. The fourth-order valence-corrected chi connectivity index (χ4v) is 2.52. The molecule has 1 N–H and O–H groups in total. The van der Waals surface area contributed by atoms with Crippen molar-refractivity contribution in [1.82, 2.24) is 20.4 Å². The number of likely N-dealkylation sites (tertiary alicyclic amines) is 1. The summed E-state index contributed by atoms with van der Waals surface area (Å²) in [5, 5.41) is 7.32. The van der Waals surface area contributed by atoms with Gasteiger partial charge in [-0.2, -0.15) is 4.98 Å². The van der Waals surface area contributed by atoms with Crippen molar-refractivity contribution in [2.75, 3.05) is 33.9 Å². The van der Waals surface area contributed by atoms with Crippen LogP contribution in [0, 0.1) is 5.92 Å². The number of hydrogen-bond donors (Lipinski definition) is 1. The summed E-state index contributed by atoms with van der Waals surface area (Å²) in [6, 6.07) is 0. The Kier molecular flexibility index (Phi) is 5.39. The summed E-state index contributed by atoms with van der Waals surface area (Å²) in [7, 11) is 3.54. The second-order valence-electron chi connectivity index (χ2n) is 6.72. The number of rotatable bonds is 4. The Labute approximate surface area is 132 Å². The normalized spacial score (nSPS) is 19.8. The zero-order valence-corrected chi connectivity index (χ0v) is 14.2. The zero-order chi connectivity index (χ0) is 16.2. The van der Waals surface area contributed by atoms with Crippen molar-refractivity contribution >= 4 is 5.96 Å². The third kappa shape index (κ3) is 4.19. The monoisotopic (exact) mass is 309 g/mol. The Morgan fingerprint density at radius 2 is 2.27 bits per heavy atom. The number of aromatic nitrogens is 2. The number of aliphatic imine (C=N–C) groups is 1. The van der Waals surface area contributed by atoms with Crippen LogP contribution in [-0.4, -0.2) is 54.9 Å². The molecule has 1 aromatic heterocycles. The number of nitrogens with zero attached hydrogens (tertiary/aromatic N) is 4. The average Bonchev–Trinajstić information content (AvgIpc) is 3.09. The first kappa shape index (κ1) is 16.7. The van der Waals surface area contributed by atoms with E-state index >= 15 is 0 Å². The van der Waals surface area contributed by atoms with Gasteiger partial charge in [0, 0.05) is 38.6 Å². The minimum absolute atomic E-state index is 0.130. The van der Waals surface area contributed by atoms with Crippen molar-refractivity contribution in [3.63, 3.8) is 0 Å². The van der Waals surface area contributed by atoms with Gasteiger partial charge in [0.1, 0.15) is 0 Å². The highest BCUT2D eigenvalue weighted by Gasteiger charge is 2.25. The number of ether oxygens (including phenoxy) is 1. The van der Waals surface area contributed by atoms with Crippen LogP contribution in [0.25, 0.3) is 0 Å². The van der Waals surface area contributed by atoms with Gasteiger partial charge in [0.25, 0.3) is 0 Å². The molecule has 1 saturated heterocycles. The third-order valence-electron chi connectivity index (χ3n) is 3.71. The molecule has 1 aliphatic rings. The van der Waals surface area contributed by atoms with Crippen LogP contribution in [0.15, 0.2) is 9.52 Å². The Bertz CT molecular complexity index is 506. The van der Waals surface area contributed by atoms with Crippen molar-refractivity contribution in [2.45, 2.75) is 39.2 Å². The first-order valence-electron chi connectivity index (χ1n) is 7.71. The molecule has 22 heavy (non-hydrogen) atoms. The molecule has 2 rings (SSSR count). The van der Waals surface area contributed by atoms with E-state index in [0.717, 1.165) is 32.1 Å². The average molecular weight is 309 g/mol. The highest BCUT2D eigenvalue weighted by atomic mass is 16.5. The molecular formula is C15H27N5O2. The fourth-order valence-electron chi connectivity index (χ4n) is 2.52. The van der Waals surface area contributed by atoms with E-state index in [4.69, 9.17) is 9.26 Å². The van der Waals surface area contributed by atoms with E-state index in [1.807, 2.05) is 0 Å². The summed E-state index contributed by atoms with van der Waals surface area (Å²) in [6.45, 7) is 9.43. The van der Waals surface area contributed by atoms with E-state index < -0.39 is 0 Å². The number of nitrogens with one attached hydrogen (secondary N) is 1. The van der Waals surface area contributed by atoms with Gasteiger partial charge in [-0.3, -0.25) is 4.99 Å².